The molecule has 0 spiro atoms. The summed E-state index contributed by atoms with van der Waals surface area (Å²) in [6, 6.07) is 21.8. The van der Waals surface area contributed by atoms with Crippen molar-refractivity contribution in [1.29, 1.82) is 0 Å². The number of amides is 2. The van der Waals surface area contributed by atoms with Crippen LogP contribution < -0.4 is 10.6 Å². The van der Waals surface area contributed by atoms with Crippen LogP contribution in [0.5, 0.6) is 11.5 Å². The number of aromatic nitrogens is 6. The topological polar surface area (TPSA) is 160 Å². The van der Waals surface area contributed by atoms with E-state index in [-0.39, 0.29) is 30.0 Å². The smallest absolute Gasteiger partial charge is 0.309 e. The Morgan fingerprint density at radius 3 is 1.49 bits per heavy atom. The van der Waals surface area contributed by atoms with Crippen LogP contribution in [0.25, 0.3) is 33.4 Å². The maximum atomic E-state index is 12.8. The number of hydrogen-bond donors (Lipinski definition) is 4. The van der Waals surface area contributed by atoms with Gasteiger partial charge in [0.2, 0.25) is 0 Å². The molecule has 0 atom stereocenters. The van der Waals surface area contributed by atoms with Crippen LogP contribution in [0.2, 0.25) is 0 Å². The van der Waals surface area contributed by atoms with Gasteiger partial charge in [0.25, 0.3) is 0 Å². The molecule has 0 bridgehead atoms. The number of nitrogens with one attached hydrogen (secondary N) is 2. The number of rotatable bonds is 6. The monoisotopic (exact) mass is 604 g/mol. The highest BCUT2D eigenvalue weighted by Gasteiger charge is 2.23. The highest BCUT2D eigenvalue weighted by molar-refractivity contribution is 6.35. The Morgan fingerprint density at radius 2 is 1.07 bits per heavy atom. The Bertz CT molecular complexity index is 2020. The van der Waals surface area contributed by atoms with Gasteiger partial charge in [0.15, 0.2) is 0 Å². The lowest BCUT2D eigenvalue weighted by Gasteiger charge is -2.22. The van der Waals surface area contributed by atoms with Crippen LogP contribution in [0, 0.1) is 6.92 Å². The SMILES string of the molecule is Cc1cc(CNC(=O)C(=O)NCc2cc(C(C)(C)C)cc(-n3nc4ccccc4n3)c2O)c(O)c(-n2nc3ccccc3n2)c1. The first-order valence-corrected chi connectivity index (χ1v) is 14.4. The summed E-state index contributed by atoms with van der Waals surface area (Å²) in [5.74, 6) is -2.02. The summed E-state index contributed by atoms with van der Waals surface area (Å²) in [6.45, 7) is 7.71. The standard InChI is InChI=1S/C33H32N8O4/c1-19-13-20(29(42)27(14-19)40-36-23-9-5-6-10-24(23)37-40)17-34-31(44)32(45)35-18-21-15-22(33(2,3)4)16-28(30(21)43)41-38-25-11-7-8-12-26(25)39-41/h5-16,42-43H,17-18H2,1-4H3,(H,34,44)(H,35,45). The highest BCUT2D eigenvalue weighted by atomic mass is 16.3. The van der Waals surface area contributed by atoms with Gasteiger partial charge in [-0.2, -0.15) is 0 Å². The largest absolute Gasteiger partial charge is 0.505 e. The summed E-state index contributed by atoms with van der Waals surface area (Å²) >= 11 is 0. The van der Waals surface area contributed by atoms with Gasteiger partial charge in [0.05, 0.1) is 0 Å². The average Bonchev–Trinajstić information content (AvgIpc) is 3.64. The van der Waals surface area contributed by atoms with Crippen LogP contribution in [0.15, 0.2) is 72.8 Å². The van der Waals surface area contributed by atoms with E-state index in [0.717, 1.165) is 11.1 Å². The number of fused-ring (bicyclic) bond motifs is 2. The molecule has 0 saturated heterocycles. The zero-order valence-corrected chi connectivity index (χ0v) is 25.2. The van der Waals surface area contributed by atoms with Gasteiger partial charge >= 0.3 is 11.8 Å². The van der Waals surface area contributed by atoms with Crippen molar-refractivity contribution in [1.82, 2.24) is 40.6 Å². The number of carbonyl (C=O) groups excluding carboxylic acids is 2. The molecule has 6 rings (SSSR count). The van der Waals surface area contributed by atoms with Crippen molar-refractivity contribution in [3.05, 3.63) is 95.1 Å². The van der Waals surface area contributed by atoms with Gasteiger partial charge in [-0.15, -0.1) is 30.0 Å². The van der Waals surface area contributed by atoms with Crippen molar-refractivity contribution in [2.45, 2.75) is 46.2 Å². The van der Waals surface area contributed by atoms with Gasteiger partial charge in [-0.3, -0.25) is 9.59 Å². The number of benzene rings is 4. The molecular weight excluding hydrogens is 572 g/mol. The van der Waals surface area contributed by atoms with Crippen LogP contribution >= 0.6 is 0 Å². The zero-order chi connectivity index (χ0) is 31.9. The first-order valence-electron chi connectivity index (χ1n) is 14.4. The highest BCUT2D eigenvalue weighted by Crippen LogP contribution is 2.33. The van der Waals surface area contributed by atoms with E-state index in [1.807, 2.05) is 82.3 Å². The third-order valence-corrected chi connectivity index (χ3v) is 7.44. The predicted octanol–water partition coefficient (Wildman–Crippen LogP) is 4.10. The van der Waals surface area contributed by atoms with Crippen LogP contribution in [0.4, 0.5) is 0 Å². The molecule has 12 nitrogen and oxygen atoms in total. The van der Waals surface area contributed by atoms with Crippen LogP contribution in [-0.2, 0) is 28.1 Å². The zero-order valence-electron chi connectivity index (χ0n) is 25.2. The summed E-state index contributed by atoms with van der Waals surface area (Å²) in [5.41, 5.74) is 5.59. The molecule has 4 N–H and O–H groups in total. The number of phenolic OH excluding ortho intramolecular Hbond substituents is 2. The maximum absolute atomic E-state index is 12.8. The molecule has 12 heteroatoms. The van der Waals surface area contributed by atoms with Crippen LogP contribution in [0.1, 0.15) is 43.0 Å². The van der Waals surface area contributed by atoms with Crippen molar-refractivity contribution >= 4 is 33.9 Å². The van der Waals surface area contributed by atoms with Gasteiger partial charge in [0, 0.05) is 24.2 Å². The number of aryl methyl sites for hydroxylation is 1. The number of hydrogen-bond acceptors (Lipinski definition) is 8. The first-order chi connectivity index (χ1) is 21.5. The van der Waals surface area contributed by atoms with E-state index >= 15 is 0 Å². The number of carbonyl (C=O) groups is 2. The third kappa shape index (κ3) is 5.90. The second-order valence-electron chi connectivity index (χ2n) is 11.9. The molecule has 228 valence electrons. The van der Waals surface area contributed by atoms with Crippen molar-refractivity contribution in [3.8, 4) is 22.9 Å². The lowest BCUT2D eigenvalue weighted by molar-refractivity contribution is -0.139. The van der Waals surface area contributed by atoms with Gasteiger partial charge in [-0.05, 0) is 65.9 Å². The molecule has 0 radical (unpaired) electrons. The Morgan fingerprint density at radius 1 is 0.667 bits per heavy atom. The normalized spacial score (nSPS) is 11.6. The molecule has 0 fully saturated rings. The molecule has 4 aromatic carbocycles. The molecule has 2 amide bonds. The fourth-order valence-corrected chi connectivity index (χ4v) is 4.97. The number of nitrogens with zero attached hydrogens (tertiary/aromatic N) is 6. The Balaban J connectivity index is 1.18. The Hall–Kier alpha value is -5.78. The molecule has 0 unspecified atom stereocenters. The van der Waals surface area contributed by atoms with Crippen molar-refractivity contribution in [3.63, 3.8) is 0 Å². The van der Waals surface area contributed by atoms with E-state index in [1.165, 1.54) is 9.59 Å². The average molecular weight is 605 g/mol. The molecule has 0 aliphatic heterocycles. The van der Waals surface area contributed by atoms with Crippen molar-refractivity contribution in [2.75, 3.05) is 0 Å². The Kier molecular flexibility index (Phi) is 7.41. The van der Waals surface area contributed by atoms with Gasteiger partial charge in [-0.1, -0.05) is 51.1 Å². The lowest BCUT2D eigenvalue weighted by atomic mass is 9.85. The molecule has 6 aromatic rings. The quantitative estimate of drug-likeness (QED) is 0.207. The molecule has 0 aliphatic carbocycles. The van der Waals surface area contributed by atoms with E-state index in [9.17, 15) is 19.8 Å². The molecule has 2 aromatic heterocycles. The number of phenols is 2. The van der Waals surface area contributed by atoms with E-state index < -0.39 is 11.8 Å². The predicted molar refractivity (Wildman–Crippen MR) is 168 cm³/mol. The summed E-state index contributed by atoms with van der Waals surface area (Å²) in [4.78, 5) is 28.3. The second-order valence-corrected chi connectivity index (χ2v) is 11.9. The van der Waals surface area contributed by atoms with E-state index in [0.29, 0.717) is 44.6 Å². The minimum Gasteiger partial charge on any atom is -0.505 e. The van der Waals surface area contributed by atoms with Gasteiger partial charge in [-0.25, -0.2) is 0 Å². The lowest BCUT2D eigenvalue weighted by Crippen LogP contribution is -2.39. The summed E-state index contributed by atoms with van der Waals surface area (Å²) in [7, 11) is 0. The van der Waals surface area contributed by atoms with Crippen molar-refractivity contribution in [2.24, 2.45) is 0 Å². The summed E-state index contributed by atoms with van der Waals surface area (Å²) < 4.78 is 0. The van der Waals surface area contributed by atoms with E-state index in [1.54, 1.807) is 18.2 Å². The third-order valence-electron chi connectivity index (χ3n) is 7.44. The van der Waals surface area contributed by atoms with Crippen molar-refractivity contribution < 1.29 is 19.8 Å². The first kappa shape index (κ1) is 29.3. The number of aromatic hydroxyl groups is 2. The summed E-state index contributed by atoms with van der Waals surface area (Å²) in [5, 5.41) is 45.2. The fraction of sp³-hybridized carbons (Fsp3) is 0.212. The molecule has 0 saturated carbocycles. The molecule has 2 heterocycles. The van der Waals surface area contributed by atoms with Crippen LogP contribution in [-0.4, -0.2) is 52.0 Å². The molecular formula is C33H32N8O4. The van der Waals surface area contributed by atoms with E-state index in [2.05, 4.69) is 31.0 Å². The van der Waals surface area contributed by atoms with Gasteiger partial charge < -0.3 is 20.8 Å². The second kappa shape index (κ2) is 11.4. The molecule has 45 heavy (non-hydrogen) atoms. The minimum atomic E-state index is -0.896. The van der Waals surface area contributed by atoms with Gasteiger partial charge in [0.1, 0.15) is 44.9 Å². The van der Waals surface area contributed by atoms with E-state index in [4.69, 9.17) is 0 Å². The summed E-state index contributed by atoms with van der Waals surface area (Å²) in [6.07, 6.45) is 0. The Labute approximate surface area is 258 Å². The minimum absolute atomic E-state index is 0.110. The molecule has 0 aliphatic rings. The van der Waals surface area contributed by atoms with Crippen LogP contribution in [0.3, 0.4) is 0 Å². The fourth-order valence-electron chi connectivity index (χ4n) is 4.97. The maximum Gasteiger partial charge on any atom is 0.309 e.